The van der Waals surface area contributed by atoms with Crippen LogP contribution >= 0.6 is 23.2 Å². The van der Waals surface area contributed by atoms with Crippen molar-refractivity contribution in [3.05, 3.63) is 29.8 Å². The summed E-state index contributed by atoms with van der Waals surface area (Å²) >= 11 is 11.4. The fourth-order valence-electron chi connectivity index (χ4n) is 1.08. The van der Waals surface area contributed by atoms with Gasteiger partial charge in [-0.3, -0.25) is 4.79 Å². The molecule has 0 heterocycles. The monoisotopic (exact) mass is 231 g/mol. The van der Waals surface area contributed by atoms with Crippen molar-refractivity contribution in [3.63, 3.8) is 0 Å². The predicted molar refractivity (Wildman–Crippen MR) is 60.4 cm³/mol. The molecule has 0 saturated carbocycles. The van der Waals surface area contributed by atoms with Crippen LogP contribution in [0.25, 0.3) is 0 Å². The molecule has 0 amide bonds. The first-order valence-electron chi connectivity index (χ1n) is 4.17. The summed E-state index contributed by atoms with van der Waals surface area (Å²) in [7, 11) is 0. The first-order chi connectivity index (χ1) is 6.69. The Balaban J connectivity index is 2.87. The molecule has 2 nitrogen and oxygen atoms in total. The number of hydrogen-bond donors (Lipinski definition) is 0. The number of ketones is 1. The Morgan fingerprint density at radius 3 is 2.07 bits per heavy atom. The number of rotatable bonds is 4. The molecule has 1 aromatic carbocycles. The molecule has 1 rings (SSSR count). The highest BCUT2D eigenvalue weighted by Gasteiger charge is 2.04. The van der Waals surface area contributed by atoms with E-state index in [9.17, 15) is 4.79 Å². The van der Waals surface area contributed by atoms with Gasteiger partial charge >= 0.3 is 0 Å². The maximum absolute atomic E-state index is 11.0. The third-order valence-electron chi connectivity index (χ3n) is 1.93. The lowest BCUT2D eigenvalue weighted by atomic mass is 10.1. The number of carbonyl (C=O) groups excluding carboxylic acids is 1. The Bertz CT molecular complexity index is 306. The van der Waals surface area contributed by atoms with E-state index in [2.05, 4.69) is 0 Å². The molecule has 0 aliphatic carbocycles. The van der Waals surface area contributed by atoms with Gasteiger partial charge in [-0.2, -0.15) is 0 Å². The zero-order chi connectivity index (χ0) is 10.6. The van der Waals surface area contributed by atoms with Crippen LogP contribution in [0.15, 0.2) is 24.3 Å². The number of Topliss-reactive ketones (excluding diaryl/α,β-unsaturated/α-hetero) is 1. The van der Waals surface area contributed by atoms with Crippen LogP contribution in [0.5, 0.6) is 0 Å². The third kappa shape index (κ3) is 2.63. The summed E-state index contributed by atoms with van der Waals surface area (Å²) in [6.07, 6.45) is 0. The first kappa shape index (κ1) is 11.3. The molecule has 0 atom stereocenters. The van der Waals surface area contributed by atoms with Gasteiger partial charge in [-0.05, 0) is 31.2 Å². The largest absolute Gasteiger partial charge is 0.344 e. The predicted octanol–water partition coefficient (Wildman–Crippen LogP) is 3.09. The van der Waals surface area contributed by atoms with Crippen LogP contribution in [0.4, 0.5) is 5.69 Å². The van der Waals surface area contributed by atoms with Gasteiger partial charge in [-0.15, -0.1) is 23.2 Å². The molecule has 0 saturated heterocycles. The van der Waals surface area contributed by atoms with E-state index in [1.54, 1.807) is 17.0 Å². The highest BCUT2D eigenvalue weighted by atomic mass is 35.5. The van der Waals surface area contributed by atoms with E-state index >= 15 is 0 Å². The van der Waals surface area contributed by atoms with Crippen LogP contribution in [-0.4, -0.2) is 17.8 Å². The summed E-state index contributed by atoms with van der Waals surface area (Å²) < 4.78 is 0. The van der Waals surface area contributed by atoms with Gasteiger partial charge < -0.3 is 4.90 Å². The second-order valence-electron chi connectivity index (χ2n) is 2.88. The standard InChI is InChI=1S/C10H11Cl2NO/c1-8(14)9-2-4-10(5-3-9)13(6-11)7-12/h2-5H,6-7H2,1H3. The minimum atomic E-state index is 0.0554. The normalized spacial score (nSPS) is 9.93. The number of benzene rings is 1. The Morgan fingerprint density at radius 2 is 1.71 bits per heavy atom. The molecule has 0 spiro atoms. The minimum absolute atomic E-state index is 0.0554. The first-order valence-corrected chi connectivity index (χ1v) is 5.24. The summed E-state index contributed by atoms with van der Waals surface area (Å²) in [5.41, 5.74) is 1.61. The quantitative estimate of drug-likeness (QED) is 0.451. The molecular weight excluding hydrogens is 221 g/mol. The zero-order valence-electron chi connectivity index (χ0n) is 7.84. The van der Waals surface area contributed by atoms with Crippen molar-refractivity contribution in [3.8, 4) is 0 Å². The summed E-state index contributed by atoms with van der Waals surface area (Å²) in [4.78, 5) is 12.8. The lowest BCUT2D eigenvalue weighted by molar-refractivity contribution is 0.101. The summed E-state index contributed by atoms with van der Waals surface area (Å²) in [6, 6.07) is 7.88. The number of hydrogen-bond acceptors (Lipinski definition) is 2. The summed E-state index contributed by atoms with van der Waals surface area (Å²) in [5, 5.41) is 0. The molecule has 4 heteroatoms. The van der Waals surface area contributed by atoms with E-state index in [1.807, 2.05) is 12.1 Å². The van der Waals surface area contributed by atoms with Crippen molar-refractivity contribution in [2.75, 3.05) is 16.9 Å². The Labute approximate surface area is 93.4 Å². The maximum Gasteiger partial charge on any atom is 0.159 e. The molecule has 0 radical (unpaired) electrons. The molecule has 0 aliphatic heterocycles. The lowest BCUT2D eigenvalue weighted by Gasteiger charge is -2.18. The van der Waals surface area contributed by atoms with Crippen LogP contribution in [0.1, 0.15) is 17.3 Å². The van der Waals surface area contributed by atoms with Crippen LogP contribution in [0.3, 0.4) is 0 Å². The third-order valence-corrected chi connectivity index (χ3v) is 2.50. The van der Waals surface area contributed by atoms with Gasteiger partial charge in [-0.1, -0.05) is 0 Å². The van der Waals surface area contributed by atoms with Gasteiger partial charge in [0.15, 0.2) is 5.78 Å². The van der Waals surface area contributed by atoms with Crippen molar-refractivity contribution >= 4 is 34.7 Å². The van der Waals surface area contributed by atoms with Crippen LogP contribution in [0.2, 0.25) is 0 Å². The van der Waals surface area contributed by atoms with E-state index in [0.717, 1.165) is 5.69 Å². The van der Waals surface area contributed by atoms with Crippen LogP contribution in [-0.2, 0) is 0 Å². The molecule has 0 fully saturated rings. The second-order valence-corrected chi connectivity index (χ2v) is 3.36. The smallest absolute Gasteiger partial charge is 0.159 e. The second kappa shape index (κ2) is 5.23. The van der Waals surface area contributed by atoms with E-state index in [1.165, 1.54) is 6.92 Å². The highest BCUT2D eigenvalue weighted by Crippen LogP contribution is 2.16. The van der Waals surface area contributed by atoms with E-state index in [4.69, 9.17) is 23.2 Å². The molecule has 0 unspecified atom stereocenters. The maximum atomic E-state index is 11.0. The van der Waals surface area contributed by atoms with Crippen molar-refractivity contribution in [2.45, 2.75) is 6.92 Å². The number of anilines is 1. The fourth-order valence-corrected chi connectivity index (χ4v) is 1.61. The minimum Gasteiger partial charge on any atom is -0.344 e. The Hall–Kier alpha value is -0.730. The fraction of sp³-hybridized carbons (Fsp3) is 0.300. The topological polar surface area (TPSA) is 20.3 Å². The molecule has 0 aliphatic rings. The van der Waals surface area contributed by atoms with E-state index in [-0.39, 0.29) is 5.78 Å². The molecule has 1 aromatic rings. The van der Waals surface area contributed by atoms with Gasteiger partial charge in [0, 0.05) is 11.3 Å². The van der Waals surface area contributed by atoms with Crippen molar-refractivity contribution in [2.24, 2.45) is 0 Å². The SMILES string of the molecule is CC(=O)c1ccc(N(CCl)CCl)cc1. The number of carbonyl (C=O) groups is 1. The van der Waals surface area contributed by atoms with Gasteiger partial charge in [0.05, 0.1) is 12.0 Å². The average molecular weight is 232 g/mol. The number of halogens is 2. The van der Waals surface area contributed by atoms with Gasteiger partial charge in [0.2, 0.25) is 0 Å². The summed E-state index contributed by atoms with van der Waals surface area (Å²) in [6.45, 7) is 1.54. The van der Waals surface area contributed by atoms with E-state index < -0.39 is 0 Å². The lowest BCUT2D eigenvalue weighted by Crippen LogP contribution is -2.18. The van der Waals surface area contributed by atoms with E-state index in [0.29, 0.717) is 17.6 Å². The molecule has 0 aromatic heterocycles. The zero-order valence-corrected chi connectivity index (χ0v) is 9.35. The summed E-state index contributed by atoms with van der Waals surface area (Å²) in [5.74, 6) is 0.0554. The van der Waals surface area contributed by atoms with Crippen LogP contribution in [0, 0.1) is 0 Å². The Kier molecular flexibility index (Phi) is 4.23. The van der Waals surface area contributed by atoms with Crippen molar-refractivity contribution in [1.29, 1.82) is 0 Å². The van der Waals surface area contributed by atoms with Crippen molar-refractivity contribution in [1.82, 2.24) is 0 Å². The van der Waals surface area contributed by atoms with Gasteiger partial charge in [0.25, 0.3) is 0 Å². The molecule has 0 bridgehead atoms. The molecule has 76 valence electrons. The average Bonchev–Trinajstić information content (AvgIpc) is 2.20. The number of nitrogens with zero attached hydrogens (tertiary/aromatic N) is 1. The van der Waals surface area contributed by atoms with Gasteiger partial charge in [-0.25, -0.2) is 0 Å². The van der Waals surface area contributed by atoms with Crippen molar-refractivity contribution < 1.29 is 4.79 Å². The molecule has 14 heavy (non-hydrogen) atoms. The molecule has 0 N–H and O–H groups in total. The Morgan fingerprint density at radius 1 is 1.21 bits per heavy atom. The number of alkyl halides is 2. The molecular formula is C10H11Cl2NO. The van der Waals surface area contributed by atoms with Gasteiger partial charge in [0.1, 0.15) is 0 Å². The van der Waals surface area contributed by atoms with Crippen LogP contribution < -0.4 is 4.90 Å². The highest BCUT2D eigenvalue weighted by molar-refractivity contribution is 6.22.